The fourth-order valence-electron chi connectivity index (χ4n) is 4.79. The third kappa shape index (κ3) is 2.43. The van der Waals surface area contributed by atoms with E-state index in [1.165, 1.54) is 7.11 Å². The highest BCUT2D eigenvalue weighted by Crippen LogP contribution is 2.51. The van der Waals surface area contributed by atoms with Crippen molar-refractivity contribution in [2.45, 2.75) is 44.0 Å². The predicted octanol–water partition coefficient (Wildman–Crippen LogP) is 3.36. The number of benzene rings is 2. The first kappa shape index (κ1) is 19.0. The summed E-state index contributed by atoms with van der Waals surface area (Å²) in [6.07, 6.45) is 0.964. The van der Waals surface area contributed by atoms with Gasteiger partial charge in [0.2, 0.25) is 5.78 Å². The van der Waals surface area contributed by atoms with Gasteiger partial charge >= 0.3 is 0 Å². The number of carbonyl (C=O) groups excluding carboxylic acids is 1. The summed E-state index contributed by atoms with van der Waals surface area (Å²) in [5.74, 6) is 1.92. The lowest BCUT2D eigenvalue weighted by molar-refractivity contribution is -0.0604. The van der Waals surface area contributed by atoms with E-state index in [2.05, 4.69) is 6.58 Å². The van der Waals surface area contributed by atoms with Gasteiger partial charge in [0.05, 0.1) is 19.8 Å². The molecule has 0 amide bonds. The second-order valence-corrected chi connectivity index (χ2v) is 8.18. The Hall–Kier alpha value is -2.99. The molecular formula is C24H24O6. The zero-order chi connectivity index (χ0) is 21.2. The lowest BCUT2D eigenvalue weighted by Gasteiger charge is -2.44. The van der Waals surface area contributed by atoms with Gasteiger partial charge in [-0.05, 0) is 55.2 Å². The minimum Gasteiger partial charge on any atom is -0.493 e. The molecule has 2 aromatic rings. The topological polar surface area (TPSA) is 74.2 Å². The fraction of sp³-hybridized carbons (Fsp3) is 0.375. The van der Waals surface area contributed by atoms with Gasteiger partial charge < -0.3 is 24.1 Å². The summed E-state index contributed by atoms with van der Waals surface area (Å²) in [6, 6.07) is 6.99. The van der Waals surface area contributed by atoms with Crippen LogP contribution in [-0.4, -0.2) is 37.3 Å². The van der Waals surface area contributed by atoms with E-state index in [0.717, 1.165) is 16.7 Å². The third-order valence-corrected chi connectivity index (χ3v) is 6.44. The molecule has 3 aliphatic rings. The van der Waals surface area contributed by atoms with Crippen LogP contribution in [0.3, 0.4) is 0 Å². The van der Waals surface area contributed by atoms with Crippen molar-refractivity contribution in [1.82, 2.24) is 0 Å². The Balaban J connectivity index is 1.63. The normalized spacial score (nSPS) is 25.8. The van der Waals surface area contributed by atoms with Gasteiger partial charge in [0.1, 0.15) is 23.7 Å². The Morgan fingerprint density at radius 1 is 1.20 bits per heavy atom. The van der Waals surface area contributed by atoms with Gasteiger partial charge in [0.15, 0.2) is 17.1 Å². The SMILES string of the molecule is C=C(C)[C@H]1Cc2c(ccc3c2O[C@@H]2CCc4cc(OC)c(OC)cc4[C@]2(O)C3=O)O1. The van der Waals surface area contributed by atoms with Crippen LogP contribution in [0.15, 0.2) is 36.4 Å². The molecule has 3 atom stereocenters. The molecule has 0 unspecified atom stereocenters. The minimum absolute atomic E-state index is 0.130. The van der Waals surface area contributed by atoms with Gasteiger partial charge in [-0.25, -0.2) is 0 Å². The van der Waals surface area contributed by atoms with Crippen molar-refractivity contribution >= 4 is 5.78 Å². The van der Waals surface area contributed by atoms with Crippen molar-refractivity contribution in [3.63, 3.8) is 0 Å². The highest BCUT2D eigenvalue weighted by molar-refractivity contribution is 6.07. The van der Waals surface area contributed by atoms with Crippen molar-refractivity contribution in [1.29, 1.82) is 0 Å². The number of fused-ring (bicyclic) bond motifs is 6. The molecule has 0 fully saturated rings. The first-order valence-corrected chi connectivity index (χ1v) is 10.1. The molecule has 6 heteroatoms. The van der Waals surface area contributed by atoms with Crippen LogP contribution in [0.5, 0.6) is 23.0 Å². The Morgan fingerprint density at radius 3 is 2.63 bits per heavy atom. The summed E-state index contributed by atoms with van der Waals surface area (Å²) >= 11 is 0. The number of aryl methyl sites for hydroxylation is 1. The molecule has 2 aliphatic heterocycles. The third-order valence-electron chi connectivity index (χ3n) is 6.44. The quantitative estimate of drug-likeness (QED) is 0.785. The Bertz CT molecular complexity index is 1090. The van der Waals surface area contributed by atoms with E-state index in [1.54, 1.807) is 25.3 Å². The van der Waals surface area contributed by atoms with Gasteiger partial charge in [-0.15, -0.1) is 0 Å². The molecule has 30 heavy (non-hydrogen) atoms. The molecule has 0 radical (unpaired) electrons. The number of ether oxygens (including phenoxy) is 4. The second-order valence-electron chi connectivity index (χ2n) is 8.18. The maximum Gasteiger partial charge on any atom is 0.206 e. The van der Waals surface area contributed by atoms with Gasteiger partial charge in [-0.2, -0.15) is 0 Å². The molecule has 1 aliphatic carbocycles. The van der Waals surface area contributed by atoms with Gasteiger partial charge in [-0.3, -0.25) is 4.79 Å². The van der Waals surface area contributed by atoms with Crippen molar-refractivity contribution in [2.24, 2.45) is 0 Å². The van der Waals surface area contributed by atoms with Crippen LogP contribution in [0.4, 0.5) is 0 Å². The van der Waals surface area contributed by atoms with Gasteiger partial charge in [0.25, 0.3) is 0 Å². The molecule has 5 rings (SSSR count). The first-order chi connectivity index (χ1) is 14.4. The molecule has 0 saturated heterocycles. The van der Waals surface area contributed by atoms with Crippen molar-refractivity contribution in [3.05, 3.63) is 58.7 Å². The Morgan fingerprint density at radius 2 is 1.93 bits per heavy atom. The number of hydrogen-bond acceptors (Lipinski definition) is 6. The molecule has 0 bridgehead atoms. The van der Waals surface area contributed by atoms with E-state index in [4.69, 9.17) is 18.9 Å². The van der Waals surface area contributed by atoms with Crippen molar-refractivity contribution in [2.75, 3.05) is 14.2 Å². The Kier molecular flexibility index (Phi) is 4.12. The lowest BCUT2D eigenvalue weighted by atomic mass is 9.71. The molecule has 156 valence electrons. The molecule has 1 N–H and O–H groups in total. The average molecular weight is 408 g/mol. The van der Waals surface area contributed by atoms with Gasteiger partial charge in [0, 0.05) is 17.5 Å². The number of rotatable bonds is 3. The van der Waals surface area contributed by atoms with Crippen LogP contribution in [0.1, 0.15) is 40.4 Å². The Labute approximate surface area is 175 Å². The van der Waals surface area contributed by atoms with Crippen LogP contribution in [0, 0.1) is 0 Å². The number of aliphatic hydroxyl groups is 1. The fourth-order valence-corrected chi connectivity index (χ4v) is 4.79. The van der Waals surface area contributed by atoms with E-state index in [1.807, 2.05) is 13.0 Å². The monoisotopic (exact) mass is 408 g/mol. The summed E-state index contributed by atoms with van der Waals surface area (Å²) in [6.45, 7) is 5.91. The maximum atomic E-state index is 13.6. The summed E-state index contributed by atoms with van der Waals surface area (Å²) in [5, 5.41) is 11.7. The zero-order valence-corrected chi connectivity index (χ0v) is 17.3. The van der Waals surface area contributed by atoms with Crippen LogP contribution in [0.25, 0.3) is 0 Å². The van der Waals surface area contributed by atoms with Crippen molar-refractivity contribution < 1.29 is 28.8 Å². The van der Waals surface area contributed by atoms with Crippen LogP contribution in [0.2, 0.25) is 0 Å². The molecular weight excluding hydrogens is 384 g/mol. The molecule has 0 spiro atoms. The first-order valence-electron chi connectivity index (χ1n) is 10.1. The molecule has 0 saturated carbocycles. The predicted molar refractivity (Wildman–Crippen MR) is 110 cm³/mol. The van der Waals surface area contributed by atoms with Crippen LogP contribution < -0.4 is 18.9 Å². The standard InChI is InChI=1S/C24H24O6/c1-12(2)18-10-15-17(29-18)7-6-14-22(15)30-21-8-5-13-9-19(27-3)20(28-4)11-16(13)24(21,26)23(14)25/h6-7,9,11,18,21,26H,1,5,8,10H2,2-4H3/t18-,21-,24-/m1/s1. The number of hydrogen-bond donors (Lipinski definition) is 1. The minimum atomic E-state index is -1.78. The lowest BCUT2D eigenvalue weighted by Crippen LogP contribution is -2.55. The highest BCUT2D eigenvalue weighted by Gasteiger charge is 2.55. The summed E-state index contributed by atoms with van der Waals surface area (Å²) in [7, 11) is 3.10. The second kappa shape index (κ2) is 6.51. The van der Waals surface area contributed by atoms with E-state index in [9.17, 15) is 9.90 Å². The van der Waals surface area contributed by atoms with E-state index >= 15 is 0 Å². The molecule has 2 aromatic carbocycles. The zero-order valence-electron chi connectivity index (χ0n) is 17.3. The number of methoxy groups -OCH3 is 2. The summed E-state index contributed by atoms with van der Waals surface area (Å²) in [5.41, 5.74) is 1.77. The van der Waals surface area contributed by atoms with Crippen LogP contribution in [-0.2, 0) is 18.4 Å². The van der Waals surface area contributed by atoms with Crippen LogP contribution >= 0.6 is 0 Å². The summed E-state index contributed by atoms with van der Waals surface area (Å²) in [4.78, 5) is 13.6. The highest BCUT2D eigenvalue weighted by atomic mass is 16.5. The van der Waals surface area contributed by atoms with Gasteiger partial charge in [-0.1, -0.05) is 6.58 Å². The molecule has 2 heterocycles. The largest absolute Gasteiger partial charge is 0.493 e. The van der Waals surface area contributed by atoms with E-state index in [-0.39, 0.29) is 11.9 Å². The van der Waals surface area contributed by atoms with Crippen molar-refractivity contribution in [3.8, 4) is 23.0 Å². The average Bonchev–Trinajstić information content (AvgIpc) is 3.19. The molecule has 0 aromatic heterocycles. The maximum absolute atomic E-state index is 13.6. The number of ketones is 1. The number of carbonyl (C=O) groups is 1. The molecule has 6 nitrogen and oxygen atoms in total. The van der Waals surface area contributed by atoms with E-state index in [0.29, 0.717) is 53.4 Å². The van der Waals surface area contributed by atoms with E-state index < -0.39 is 11.7 Å². The smallest absolute Gasteiger partial charge is 0.206 e. The number of Topliss-reactive ketones (excluding diaryl/α,β-unsaturated/α-hetero) is 1. The summed E-state index contributed by atoms with van der Waals surface area (Å²) < 4.78 is 23.1.